The molecule has 1 N–H and O–H groups in total. The average molecular weight is 355 g/mol. The summed E-state index contributed by atoms with van der Waals surface area (Å²) in [6.45, 7) is 2.46. The predicted octanol–water partition coefficient (Wildman–Crippen LogP) is 2.39. The van der Waals surface area contributed by atoms with Crippen LogP contribution in [0.5, 0.6) is 5.75 Å². The maximum absolute atomic E-state index is 13.9. The van der Waals surface area contributed by atoms with Gasteiger partial charge in [-0.1, -0.05) is 18.0 Å². The Labute approximate surface area is 150 Å². The summed E-state index contributed by atoms with van der Waals surface area (Å²) in [5, 5.41) is 12.7. The maximum Gasteiger partial charge on any atom is 0.210 e. The first-order chi connectivity index (χ1) is 12.7. The Morgan fingerprint density at radius 2 is 2.19 bits per heavy atom. The van der Waals surface area contributed by atoms with E-state index in [1.54, 1.807) is 18.3 Å². The third kappa shape index (κ3) is 4.29. The third-order valence-corrected chi connectivity index (χ3v) is 3.62. The number of nitrogens with zero attached hydrogens (tertiary/aromatic N) is 3. The van der Waals surface area contributed by atoms with E-state index in [-0.39, 0.29) is 19.0 Å². The van der Waals surface area contributed by atoms with Crippen LogP contribution in [0.4, 0.5) is 4.39 Å². The van der Waals surface area contributed by atoms with E-state index in [1.165, 1.54) is 12.1 Å². The highest BCUT2D eigenvalue weighted by Gasteiger charge is 2.07. The van der Waals surface area contributed by atoms with Crippen molar-refractivity contribution < 1.29 is 18.8 Å². The van der Waals surface area contributed by atoms with E-state index in [1.807, 2.05) is 17.7 Å². The van der Waals surface area contributed by atoms with Crippen LogP contribution in [0, 0.1) is 17.7 Å². The SMILES string of the molecule is CCc1nccn1Cc1cc(C#Cc2ccc(OCCO)c(F)c2)on1. The van der Waals surface area contributed by atoms with Crippen LogP contribution in [0.2, 0.25) is 0 Å². The van der Waals surface area contributed by atoms with Gasteiger partial charge in [-0.15, -0.1) is 0 Å². The molecule has 0 aliphatic rings. The van der Waals surface area contributed by atoms with Crippen LogP contribution in [-0.4, -0.2) is 33.0 Å². The maximum atomic E-state index is 13.9. The molecule has 0 amide bonds. The Morgan fingerprint density at radius 1 is 1.31 bits per heavy atom. The molecule has 0 fully saturated rings. The van der Waals surface area contributed by atoms with Gasteiger partial charge in [0.1, 0.15) is 18.1 Å². The highest BCUT2D eigenvalue weighted by atomic mass is 19.1. The van der Waals surface area contributed by atoms with Crippen LogP contribution in [0.25, 0.3) is 0 Å². The lowest BCUT2D eigenvalue weighted by Crippen LogP contribution is -2.03. The second kappa shape index (κ2) is 8.32. The van der Waals surface area contributed by atoms with Crippen LogP contribution >= 0.6 is 0 Å². The Morgan fingerprint density at radius 3 is 2.96 bits per heavy atom. The van der Waals surface area contributed by atoms with Crippen molar-refractivity contribution in [3.63, 3.8) is 0 Å². The largest absolute Gasteiger partial charge is 0.488 e. The number of rotatable bonds is 6. The number of halogens is 1. The first-order valence-corrected chi connectivity index (χ1v) is 8.20. The molecule has 0 saturated carbocycles. The van der Waals surface area contributed by atoms with Crippen LogP contribution in [-0.2, 0) is 13.0 Å². The van der Waals surface area contributed by atoms with E-state index in [4.69, 9.17) is 14.4 Å². The average Bonchev–Trinajstić information content (AvgIpc) is 3.28. The van der Waals surface area contributed by atoms with Gasteiger partial charge < -0.3 is 18.9 Å². The summed E-state index contributed by atoms with van der Waals surface area (Å²) in [7, 11) is 0. The topological polar surface area (TPSA) is 73.3 Å². The first-order valence-electron chi connectivity index (χ1n) is 8.20. The van der Waals surface area contributed by atoms with Crippen molar-refractivity contribution in [1.29, 1.82) is 0 Å². The highest BCUT2D eigenvalue weighted by molar-refractivity contribution is 5.42. The fourth-order valence-corrected chi connectivity index (χ4v) is 2.40. The minimum absolute atomic E-state index is 0.0411. The van der Waals surface area contributed by atoms with Crippen LogP contribution in [0.1, 0.15) is 29.8 Å². The molecule has 0 aliphatic carbocycles. The predicted molar refractivity (Wildman–Crippen MR) is 92.2 cm³/mol. The smallest absolute Gasteiger partial charge is 0.210 e. The molecule has 0 bridgehead atoms. The summed E-state index contributed by atoms with van der Waals surface area (Å²) < 4.78 is 26.1. The molecule has 0 unspecified atom stereocenters. The van der Waals surface area contributed by atoms with Crippen molar-refractivity contribution in [2.75, 3.05) is 13.2 Å². The van der Waals surface area contributed by atoms with E-state index in [2.05, 4.69) is 22.0 Å². The minimum atomic E-state index is -0.532. The molecule has 1 aromatic carbocycles. The lowest BCUT2D eigenvalue weighted by Gasteiger charge is -2.04. The zero-order valence-corrected chi connectivity index (χ0v) is 14.3. The van der Waals surface area contributed by atoms with Crippen molar-refractivity contribution >= 4 is 0 Å². The molecule has 2 heterocycles. The molecule has 6 nitrogen and oxygen atoms in total. The standard InChI is InChI=1S/C19H18FN3O3/c1-2-19-21-7-8-23(19)13-15-12-16(26-22-15)5-3-14-4-6-18(17(20)11-14)25-10-9-24/h4,6-8,11-12,24H,2,9-10,13H2,1H3. The number of aromatic nitrogens is 3. The summed E-state index contributed by atoms with van der Waals surface area (Å²) in [5.41, 5.74) is 1.22. The molecule has 0 spiro atoms. The lowest BCUT2D eigenvalue weighted by atomic mass is 10.2. The monoisotopic (exact) mass is 355 g/mol. The molecule has 0 atom stereocenters. The fraction of sp³-hybridized carbons (Fsp3) is 0.263. The molecule has 134 valence electrons. The van der Waals surface area contributed by atoms with Gasteiger partial charge in [0.15, 0.2) is 11.6 Å². The molecule has 0 saturated heterocycles. The number of hydrogen-bond acceptors (Lipinski definition) is 5. The van der Waals surface area contributed by atoms with Gasteiger partial charge in [0.2, 0.25) is 5.76 Å². The van der Waals surface area contributed by atoms with Crippen LogP contribution in [0.3, 0.4) is 0 Å². The molecular formula is C19H18FN3O3. The third-order valence-electron chi connectivity index (χ3n) is 3.62. The van der Waals surface area contributed by atoms with Crippen molar-refractivity contribution in [3.05, 3.63) is 65.3 Å². The molecule has 26 heavy (non-hydrogen) atoms. The van der Waals surface area contributed by atoms with Crippen molar-refractivity contribution in [2.45, 2.75) is 19.9 Å². The number of imidazole rings is 1. The normalized spacial score (nSPS) is 10.4. The minimum Gasteiger partial charge on any atom is -0.488 e. The van der Waals surface area contributed by atoms with Crippen molar-refractivity contribution in [3.8, 4) is 17.6 Å². The lowest BCUT2D eigenvalue weighted by molar-refractivity contribution is 0.196. The number of hydrogen-bond donors (Lipinski definition) is 1. The first kappa shape index (κ1) is 17.7. The summed E-state index contributed by atoms with van der Waals surface area (Å²) in [4.78, 5) is 4.26. The van der Waals surface area contributed by atoms with Gasteiger partial charge in [-0.2, -0.15) is 0 Å². The molecule has 0 radical (unpaired) electrons. The molecule has 2 aromatic heterocycles. The van der Waals surface area contributed by atoms with E-state index >= 15 is 0 Å². The van der Waals surface area contributed by atoms with Gasteiger partial charge in [0.25, 0.3) is 0 Å². The quantitative estimate of drug-likeness (QED) is 0.688. The van der Waals surface area contributed by atoms with E-state index in [0.29, 0.717) is 17.9 Å². The van der Waals surface area contributed by atoms with Gasteiger partial charge in [-0.05, 0) is 24.1 Å². The van der Waals surface area contributed by atoms with Gasteiger partial charge in [-0.25, -0.2) is 9.37 Å². The van der Waals surface area contributed by atoms with Gasteiger partial charge in [0, 0.05) is 30.4 Å². The molecule has 7 heteroatoms. The zero-order chi connectivity index (χ0) is 18.4. The zero-order valence-electron chi connectivity index (χ0n) is 14.3. The molecular weight excluding hydrogens is 337 g/mol. The van der Waals surface area contributed by atoms with Gasteiger partial charge in [0.05, 0.1) is 13.2 Å². The highest BCUT2D eigenvalue weighted by Crippen LogP contribution is 2.18. The number of aliphatic hydroxyl groups excluding tert-OH is 1. The van der Waals surface area contributed by atoms with Crippen LogP contribution in [0.15, 0.2) is 41.2 Å². The Kier molecular flexibility index (Phi) is 5.66. The molecule has 0 aliphatic heterocycles. The molecule has 3 aromatic rings. The summed E-state index contributed by atoms with van der Waals surface area (Å²) in [5.74, 6) is 6.58. The number of ether oxygens (including phenoxy) is 1. The Balaban J connectivity index is 1.69. The fourth-order valence-electron chi connectivity index (χ4n) is 2.40. The van der Waals surface area contributed by atoms with Crippen molar-refractivity contribution in [1.82, 2.24) is 14.7 Å². The Bertz CT molecular complexity index is 937. The Hall–Kier alpha value is -3.11. The summed E-state index contributed by atoms with van der Waals surface area (Å²) in [6.07, 6.45) is 4.48. The molecule has 3 rings (SSSR count). The second-order valence-electron chi connectivity index (χ2n) is 5.47. The summed E-state index contributed by atoms with van der Waals surface area (Å²) in [6, 6.07) is 6.14. The number of benzene rings is 1. The summed E-state index contributed by atoms with van der Waals surface area (Å²) >= 11 is 0. The van der Waals surface area contributed by atoms with E-state index in [9.17, 15) is 4.39 Å². The number of aryl methyl sites for hydroxylation is 1. The number of aliphatic hydroxyl groups is 1. The second-order valence-corrected chi connectivity index (χ2v) is 5.47. The van der Waals surface area contributed by atoms with Crippen LogP contribution < -0.4 is 4.74 Å². The van der Waals surface area contributed by atoms with Gasteiger partial charge >= 0.3 is 0 Å². The van der Waals surface area contributed by atoms with Gasteiger partial charge in [-0.3, -0.25) is 0 Å². The van der Waals surface area contributed by atoms with Crippen molar-refractivity contribution in [2.24, 2.45) is 0 Å². The van der Waals surface area contributed by atoms with E-state index < -0.39 is 5.82 Å². The van der Waals surface area contributed by atoms with E-state index in [0.717, 1.165) is 17.9 Å².